The molecular formula is C38H49N. The molecule has 4 aliphatic rings. The van der Waals surface area contributed by atoms with Gasteiger partial charge in [0.25, 0.3) is 0 Å². The molecule has 2 N–H and O–H groups in total. The summed E-state index contributed by atoms with van der Waals surface area (Å²) in [6.07, 6.45) is 15.1. The van der Waals surface area contributed by atoms with Crippen molar-refractivity contribution in [1.29, 1.82) is 0 Å². The van der Waals surface area contributed by atoms with Gasteiger partial charge >= 0.3 is 0 Å². The van der Waals surface area contributed by atoms with Crippen molar-refractivity contribution in [3.63, 3.8) is 0 Å². The van der Waals surface area contributed by atoms with Crippen LogP contribution >= 0.6 is 0 Å². The summed E-state index contributed by atoms with van der Waals surface area (Å²) in [6.45, 7) is 25.8. The molecule has 3 atom stereocenters. The summed E-state index contributed by atoms with van der Waals surface area (Å²) >= 11 is 0. The van der Waals surface area contributed by atoms with Gasteiger partial charge in [-0.25, -0.2) is 0 Å². The van der Waals surface area contributed by atoms with E-state index in [2.05, 4.69) is 85.4 Å². The predicted molar refractivity (Wildman–Crippen MR) is 171 cm³/mol. The van der Waals surface area contributed by atoms with Crippen LogP contribution in [0.15, 0.2) is 82.0 Å². The highest BCUT2D eigenvalue weighted by Crippen LogP contribution is 2.61. The second-order valence-corrected chi connectivity index (χ2v) is 13.3. The van der Waals surface area contributed by atoms with Crippen LogP contribution in [0.4, 0.5) is 5.69 Å². The van der Waals surface area contributed by atoms with Crippen molar-refractivity contribution in [1.82, 2.24) is 0 Å². The lowest BCUT2D eigenvalue weighted by Crippen LogP contribution is -2.41. The van der Waals surface area contributed by atoms with Crippen LogP contribution in [0.5, 0.6) is 0 Å². The van der Waals surface area contributed by atoms with Gasteiger partial charge in [0.15, 0.2) is 0 Å². The molecule has 0 bridgehead atoms. The van der Waals surface area contributed by atoms with E-state index in [1.807, 2.05) is 0 Å². The number of hydrogen-bond donors (Lipinski definition) is 1. The van der Waals surface area contributed by atoms with Crippen LogP contribution in [0.3, 0.4) is 0 Å². The number of rotatable bonds is 5. The zero-order valence-corrected chi connectivity index (χ0v) is 25.6. The number of hydrogen-bond acceptors (Lipinski definition) is 1. The van der Waals surface area contributed by atoms with Gasteiger partial charge in [-0.2, -0.15) is 0 Å². The lowest BCUT2D eigenvalue weighted by Gasteiger charge is -2.52. The molecule has 1 nitrogen and oxygen atoms in total. The van der Waals surface area contributed by atoms with Crippen molar-refractivity contribution in [3.8, 4) is 0 Å². The van der Waals surface area contributed by atoms with E-state index in [9.17, 15) is 0 Å². The number of benzene rings is 1. The van der Waals surface area contributed by atoms with Crippen molar-refractivity contribution in [3.05, 3.63) is 98.7 Å². The van der Waals surface area contributed by atoms with Gasteiger partial charge in [-0.15, -0.1) is 0 Å². The molecule has 0 amide bonds. The molecule has 1 aromatic carbocycles. The van der Waals surface area contributed by atoms with Crippen LogP contribution in [-0.2, 0) is 6.42 Å². The molecule has 5 rings (SSSR count). The Labute approximate surface area is 238 Å². The average molecular weight is 520 g/mol. The highest BCUT2D eigenvalue weighted by molar-refractivity contribution is 5.91. The third-order valence-electron chi connectivity index (χ3n) is 10.3. The fourth-order valence-electron chi connectivity index (χ4n) is 8.93. The molecule has 0 aliphatic heterocycles. The van der Waals surface area contributed by atoms with Gasteiger partial charge in [0.2, 0.25) is 0 Å². The van der Waals surface area contributed by atoms with Gasteiger partial charge in [-0.1, -0.05) is 88.8 Å². The van der Waals surface area contributed by atoms with Crippen LogP contribution in [0.2, 0.25) is 0 Å². The topological polar surface area (TPSA) is 26.0 Å². The Morgan fingerprint density at radius 3 is 2.49 bits per heavy atom. The minimum atomic E-state index is 0.0693. The number of fused-ring (bicyclic) bond motifs is 3. The Balaban J connectivity index is 1.56. The lowest BCUT2D eigenvalue weighted by atomic mass is 9.52. The van der Waals surface area contributed by atoms with Gasteiger partial charge in [0.1, 0.15) is 0 Å². The number of anilines is 1. The summed E-state index contributed by atoms with van der Waals surface area (Å²) < 4.78 is 0. The van der Waals surface area contributed by atoms with E-state index in [0.717, 1.165) is 30.5 Å². The van der Waals surface area contributed by atoms with E-state index in [1.165, 1.54) is 75.8 Å². The van der Waals surface area contributed by atoms with E-state index in [-0.39, 0.29) is 5.41 Å². The third-order valence-corrected chi connectivity index (χ3v) is 10.3. The van der Waals surface area contributed by atoms with Crippen LogP contribution in [0.1, 0.15) is 104 Å². The van der Waals surface area contributed by atoms with E-state index >= 15 is 0 Å². The largest absolute Gasteiger partial charge is 0.398 e. The Morgan fingerprint density at radius 2 is 1.82 bits per heavy atom. The molecule has 0 saturated heterocycles. The van der Waals surface area contributed by atoms with Crippen molar-refractivity contribution < 1.29 is 0 Å². The van der Waals surface area contributed by atoms with E-state index in [1.54, 1.807) is 11.1 Å². The van der Waals surface area contributed by atoms with Crippen LogP contribution < -0.4 is 5.73 Å². The molecule has 0 fully saturated rings. The standard InChI is InChI=1S/C38H49N/c1-10-28-14-12-27(19-29(28)11-2)13-15-30-16-17-33(39)36-26(8)37-25(7)35-24(6)34(22(3)4)23(5)18-31(35)20-38(37,9)21-32(30)36/h13,15-17,19,22,31,35H,6,8,10-12,14,18,20-21,39H2,1-5,7,9H3/b15-13+. The zero-order chi connectivity index (χ0) is 28.2. The summed E-state index contributed by atoms with van der Waals surface area (Å²) in [5.41, 5.74) is 24.6. The predicted octanol–water partition coefficient (Wildman–Crippen LogP) is 10.6. The van der Waals surface area contributed by atoms with Crippen molar-refractivity contribution in [2.45, 2.75) is 93.4 Å². The summed E-state index contributed by atoms with van der Waals surface area (Å²) in [7, 11) is 0. The molecule has 39 heavy (non-hydrogen) atoms. The fourth-order valence-corrected chi connectivity index (χ4v) is 8.93. The normalized spacial score (nSPS) is 27.3. The number of nitrogen functional groups attached to an aromatic ring is 1. The number of allylic oxidation sites excluding steroid dienone is 11. The first kappa shape index (κ1) is 27.8. The highest BCUT2D eigenvalue weighted by Gasteiger charge is 2.48. The zero-order valence-electron chi connectivity index (χ0n) is 25.6. The molecule has 4 aliphatic carbocycles. The summed E-state index contributed by atoms with van der Waals surface area (Å²) in [4.78, 5) is 0. The highest BCUT2D eigenvalue weighted by atomic mass is 14.6. The molecule has 0 saturated carbocycles. The van der Waals surface area contributed by atoms with Gasteiger partial charge in [0, 0.05) is 17.2 Å². The van der Waals surface area contributed by atoms with E-state index in [0.29, 0.717) is 17.8 Å². The maximum Gasteiger partial charge on any atom is 0.0396 e. The smallest absolute Gasteiger partial charge is 0.0396 e. The fraction of sp³-hybridized carbons (Fsp3) is 0.474. The molecule has 0 heterocycles. The Bertz CT molecular complexity index is 1400. The third kappa shape index (κ3) is 4.56. The first-order chi connectivity index (χ1) is 18.5. The molecule has 0 radical (unpaired) electrons. The maximum atomic E-state index is 6.71. The summed E-state index contributed by atoms with van der Waals surface area (Å²) in [5.74, 6) is 1.55. The van der Waals surface area contributed by atoms with Crippen molar-refractivity contribution in [2.75, 3.05) is 5.73 Å². The monoisotopic (exact) mass is 519 g/mol. The first-order valence-corrected chi connectivity index (χ1v) is 15.3. The molecule has 206 valence electrons. The minimum Gasteiger partial charge on any atom is -0.398 e. The van der Waals surface area contributed by atoms with Crippen LogP contribution in [0.25, 0.3) is 11.6 Å². The molecule has 0 spiro atoms. The summed E-state index contributed by atoms with van der Waals surface area (Å²) in [5, 5.41) is 0. The van der Waals surface area contributed by atoms with Gasteiger partial charge < -0.3 is 5.73 Å². The Hall–Kier alpha value is -2.80. The molecule has 1 aromatic rings. The Morgan fingerprint density at radius 1 is 1.08 bits per heavy atom. The molecular weight excluding hydrogens is 470 g/mol. The lowest BCUT2D eigenvalue weighted by molar-refractivity contribution is 0.219. The molecule has 1 heteroatoms. The van der Waals surface area contributed by atoms with Crippen molar-refractivity contribution in [2.24, 2.45) is 23.2 Å². The minimum absolute atomic E-state index is 0.0693. The van der Waals surface area contributed by atoms with Gasteiger partial charge in [-0.05, 0) is 127 Å². The quantitative estimate of drug-likeness (QED) is 0.385. The van der Waals surface area contributed by atoms with Gasteiger partial charge in [-0.3, -0.25) is 0 Å². The number of nitrogens with two attached hydrogens (primary N) is 1. The summed E-state index contributed by atoms with van der Waals surface area (Å²) in [6, 6.07) is 4.33. The van der Waals surface area contributed by atoms with Crippen molar-refractivity contribution >= 4 is 17.3 Å². The maximum absolute atomic E-state index is 6.71. The second-order valence-electron chi connectivity index (χ2n) is 13.3. The SMILES string of the molecule is C=C1C2=C(C)C3C(=C)C(C(C)C)=C(C)CC3CC2(C)Cc2c(/C=C/C3=CC(CC)=C(CC)CC3)ccc(N)c21. The van der Waals surface area contributed by atoms with E-state index in [4.69, 9.17) is 12.3 Å². The first-order valence-electron chi connectivity index (χ1n) is 15.3. The Kier molecular flexibility index (Phi) is 7.34. The second kappa shape index (κ2) is 10.3. The van der Waals surface area contributed by atoms with Crippen LogP contribution in [0, 0.1) is 23.2 Å². The van der Waals surface area contributed by atoms with Crippen LogP contribution in [-0.4, -0.2) is 0 Å². The average Bonchev–Trinajstić information content (AvgIpc) is 2.86. The molecule has 3 unspecified atom stereocenters. The molecule has 0 aromatic heterocycles. The van der Waals surface area contributed by atoms with Gasteiger partial charge in [0.05, 0.1) is 0 Å². The van der Waals surface area contributed by atoms with E-state index < -0.39 is 0 Å².